The van der Waals surface area contributed by atoms with Gasteiger partial charge in [-0.3, -0.25) is 0 Å². The number of urea groups is 1. The van der Waals surface area contributed by atoms with Crippen molar-refractivity contribution in [3.8, 4) is 0 Å². The van der Waals surface area contributed by atoms with Crippen LogP contribution in [0.3, 0.4) is 0 Å². The first-order valence-electron chi connectivity index (χ1n) is 9.25. The van der Waals surface area contributed by atoms with Gasteiger partial charge >= 0.3 is 6.03 Å². The smallest absolute Gasteiger partial charge is 0.315 e. The van der Waals surface area contributed by atoms with Gasteiger partial charge in [0.05, 0.1) is 0 Å². The predicted octanol–water partition coefficient (Wildman–Crippen LogP) is 2.01. The molecular weight excluding hydrogens is 345 g/mol. The summed E-state index contributed by atoms with van der Waals surface area (Å²) in [6.07, 6.45) is 2.26. The molecule has 7 heteroatoms. The van der Waals surface area contributed by atoms with Gasteiger partial charge in [-0.15, -0.1) is 0 Å². The number of aromatic nitrogens is 1. The van der Waals surface area contributed by atoms with E-state index in [0.29, 0.717) is 25.1 Å². The maximum Gasteiger partial charge on any atom is 0.315 e. The number of piperazine rings is 1. The number of hydrogen-bond donors (Lipinski definition) is 2. The SMILES string of the molecule is CN1CCN(c2ccc(CNC(=O)NCCc3ccccc3F)cn2)CC1. The molecule has 0 atom stereocenters. The fraction of sp³-hybridized carbons (Fsp3) is 0.400. The lowest BCUT2D eigenvalue weighted by Crippen LogP contribution is -2.44. The second-order valence-electron chi connectivity index (χ2n) is 6.77. The third-order valence-corrected chi connectivity index (χ3v) is 4.73. The van der Waals surface area contributed by atoms with Gasteiger partial charge in [-0.25, -0.2) is 14.2 Å². The Morgan fingerprint density at radius 3 is 2.59 bits per heavy atom. The molecule has 2 aromatic rings. The maximum absolute atomic E-state index is 13.5. The second-order valence-corrected chi connectivity index (χ2v) is 6.77. The molecule has 0 aliphatic carbocycles. The van der Waals surface area contributed by atoms with Crippen LogP contribution in [0.4, 0.5) is 15.0 Å². The topological polar surface area (TPSA) is 60.5 Å². The van der Waals surface area contributed by atoms with Gasteiger partial charge in [0.1, 0.15) is 11.6 Å². The van der Waals surface area contributed by atoms with Crippen LogP contribution in [-0.2, 0) is 13.0 Å². The van der Waals surface area contributed by atoms with Gasteiger partial charge in [-0.2, -0.15) is 0 Å². The average molecular weight is 371 g/mol. The summed E-state index contributed by atoms with van der Waals surface area (Å²) in [5.74, 6) is 0.729. The summed E-state index contributed by atoms with van der Waals surface area (Å²) in [5.41, 5.74) is 1.54. The number of rotatable bonds is 6. The number of benzene rings is 1. The molecule has 2 heterocycles. The van der Waals surface area contributed by atoms with Crippen molar-refractivity contribution in [1.29, 1.82) is 0 Å². The van der Waals surface area contributed by atoms with Crippen LogP contribution in [0, 0.1) is 5.82 Å². The third kappa shape index (κ3) is 5.65. The molecular formula is C20H26FN5O. The van der Waals surface area contributed by atoms with Crippen LogP contribution < -0.4 is 15.5 Å². The van der Waals surface area contributed by atoms with Gasteiger partial charge in [0.15, 0.2) is 0 Å². The van der Waals surface area contributed by atoms with Crippen molar-refractivity contribution >= 4 is 11.8 Å². The first kappa shape index (κ1) is 19.1. The van der Waals surface area contributed by atoms with Crippen LogP contribution in [0.2, 0.25) is 0 Å². The van der Waals surface area contributed by atoms with E-state index in [4.69, 9.17) is 0 Å². The van der Waals surface area contributed by atoms with E-state index in [2.05, 4.69) is 32.5 Å². The molecule has 1 fully saturated rings. The first-order chi connectivity index (χ1) is 13.1. The summed E-state index contributed by atoms with van der Waals surface area (Å²) in [7, 11) is 2.13. The molecule has 1 aliphatic heterocycles. The number of anilines is 1. The van der Waals surface area contributed by atoms with Gasteiger partial charge < -0.3 is 20.4 Å². The van der Waals surface area contributed by atoms with Crippen LogP contribution in [0.25, 0.3) is 0 Å². The molecule has 0 radical (unpaired) electrons. The standard InChI is InChI=1S/C20H26FN5O/c1-25-10-12-26(13-11-25)19-7-6-16(14-23-19)15-24-20(27)22-9-8-17-4-2-3-5-18(17)21/h2-7,14H,8-13,15H2,1H3,(H2,22,24,27). The molecule has 6 nitrogen and oxygen atoms in total. The van der Waals surface area contributed by atoms with Crippen molar-refractivity contribution in [2.24, 2.45) is 0 Å². The highest BCUT2D eigenvalue weighted by Crippen LogP contribution is 2.13. The fourth-order valence-electron chi connectivity index (χ4n) is 3.00. The molecule has 1 aromatic carbocycles. The molecule has 0 saturated carbocycles. The van der Waals surface area contributed by atoms with Crippen LogP contribution in [0.1, 0.15) is 11.1 Å². The Hall–Kier alpha value is -2.67. The van der Waals surface area contributed by atoms with Crippen LogP contribution >= 0.6 is 0 Å². The zero-order valence-corrected chi connectivity index (χ0v) is 15.6. The minimum Gasteiger partial charge on any atom is -0.354 e. The molecule has 2 amide bonds. The van der Waals surface area contributed by atoms with E-state index in [1.54, 1.807) is 24.4 Å². The Labute approximate surface area is 159 Å². The Kier molecular flexibility index (Phi) is 6.59. The number of carbonyl (C=O) groups excluding carboxylic acids is 1. The lowest BCUT2D eigenvalue weighted by atomic mass is 10.1. The molecule has 0 bridgehead atoms. The molecule has 144 valence electrons. The molecule has 0 unspecified atom stereocenters. The molecule has 1 saturated heterocycles. The summed E-state index contributed by atoms with van der Waals surface area (Å²) in [6.45, 7) is 4.82. The minimum absolute atomic E-state index is 0.244. The lowest BCUT2D eigenvalue weighted by Gasteiger charge is -2.33. The number of halogens is 1. The Morgan fingerprint density at radius 1 is 1.11 bits per heavy atom. The van der Waals surface area contributed by atoms with Gasteiger partial charge in [-0.05, 0) is 36.7 Å². The average Bonchev–Trinajstić information content (AvgIpc) is 2.69. The highest BCUT2D eigenvalue weighted by atomic mass is 19.1. The number of hydrogen-bond acceptors (Lipinski definition) is 4. The molecule has 3 rings (SSSR count). The number of likely N-dealkylation sites (N-methyl/N-ethyl adjacent to an activating group) is 1. The Morgan fingerprint density at radius 2 is 1.89 bits per heavy atom. The zero-order chi connectivity index (χ0) is 19.1. The van der Waals surface area contributed by atoms with Crippen molar-refractivity contribution in [1.82, 2.24) is 20.5 Å². The largest absolute Gasteiger partial charge is 0.354 e. The quantitative estimate of drug-likeness (QED) is 0.816. The second kappa shape index (κ2) is 9.32. The van der Waals surface area contributed by atoms with Crippen molar-refractivity contribution in [3.05, 3.63) is 59.5 Å². The van der Waals surface area contributed by atoms with E-state index in [9.17, 15) is 9.18 Å². The number of nitrogens with one attached hydrogen (secondary N) is 2. The predicted molar refractivity (Wildman–Crippen MR) is 104 cm³/mol. The van der Waals surface area contributed by atoms with Crippen molar-refractivity contribution < 1.29 is 9.18 Å². The molecule has 1 aromatic heterocycles. The van der Waals surface area contributed by atoms with Gasteiger partial charge in [0, 0.05) is 45.5 Å². The van der Waals surface area contributed by atoms with E-state index in [1.807, 2.05) is 12.1 Å². The molecule has 2 N–H and O–H groups in total. The van der Waals surface area contributed by atoms with Crippen molar-refractivity contribution in [2.75, 3.05) is 44.7 Å². The van der Waals surface area contributed by atoms with E-state index in [1.165, 1.54) is 6.07 Å². The van der Waals surface area contributed by atoms with Gasteiger partial charge in [0.2, 0.25) is 0 Å². The first-order valence-corrected chi connectivity index (χ1v) is 9.25. The highest BCUT2D eigenvalue weighted by molar-refractivity contribution is 5.73. The molecule has 0 spiro atoms. The van der Waals surface area contributed by atoms with E-state index in [-0.39, 0.29) is 11.8 Å². The number of carbonyl (C=O) groups is 1. The summed E-state index contributed by atoms with van der Waals surface area (Å²) in [4.78, 5) is 21.0. The monoisotopic (exact) mass is 371 g/mol. The molecule has 1 aliphatic rings. The van der Waals surface area contributed by atoms with E-state index >= 15 is 0 Å². The zero-order valence-electron chi connectivity index (χ0n) is 15.6. The van der Waals surface area contributed by atoms with Gasteiger partial charge in [-0.1, -0.05) is 24.3 Å². The van der Waals surface area contributed by atoms with Crippen molar-refractivity contribution in [2.45, 2.75) is 13.0 Å². The third-order valence-electron chi connectivity index (χ3n) is 4.73. The normalized spacial score (nSPS) is 14.8. The van der Waals surface area contributed by atoms with Crippen LogP contribution in [-0.4, -0.2) is 55.7 Å². The molecule has 27 heavy (non-hydrogen) atoms. The summed E-state index contributed by atoms with van der Waals surface area (Å²) in [5, 5.41) is 5.55. The highest BCUT2D eigenvalue weighted by Gasteiger charge is 2.15. The van der Waals surface area contributed by atoms with Crippen molar-refractivity contribution in [3.63, 3.8) is 0 Å². The Bertz CT molecular complexity index is 744. The number of amides is 2. The van der Waals surface area contributed by atoms with E-state index in [0.717, 1.165) is 37.6 Å². The maximum atomic E-state index is 13.5. The number of nitrogens with zero attached hydrogens (tertiary/aromatic N) is 3. The van der Waals surface area contributed by atoms with E-state index < -0.39 is 0 Å². The summed E-state index contributed by atoms with van der Waals surface area (Å²) >= 11 is 0. The number of pyridine rings is 1. The summed E-state index contributed by atoms with van der Waals surface area (Å²) in [6, 6.07) is 10.3. The van der Waals surface area contributed by atoms with Gasteiger partial charge in [0.25, 0.3) is 0 Å². The van der Waals surface area contributed by atoms with Crippen LogP contribution in [0.15, 0.2) is 42.6 Å². The Balaban J connectivity index is 1.39. The lowest BCUT2D eigenvalue weighted by molar-refractivity contribution is 0.240. The summed E-state index contributed by atoms with van der Waals surface area (Å²) < 4.78 is 13.5. The van der Waals surface area contributed by atoms with Crippen LogP contribution in [0.5, 0.6) is 0 Å². The fourth-order valence-corrected chi connectivity index (χ4v) is 3.00. The minimum atomic E-state index is -0.269.